The van der Waals surface area contributed by atoms with Crippen LogP contribution in [0.15, 0.2) is 18.2 Å². The Morgan fingerprint density at radius 1 is 1.42 bits per heavy atom. The van der Waals surface area contributed by atoms with E-state index < -0.39 is 0 Å². The van der Waals surface area contributed by atoms with Crippen LogP contribution in [0.1, 0.15) is 19.8 Å². The lowest BCUT2D eigenvalue weighted by Crippen LogP contribution is -2.26. The molecule has 1 aromatic carbocycles. The van der Waals surface area contributed by atoms with Crippen LogP contribution in [0.25, 0.3) is 0 Å². The minimum Gasteiger partial charge on any atom is -0.492 e. The standard InChI is InChI=1S/C14H23ClN2O2/c1-3-19-14-7-6-11(15)9-13(14)17-12(10-18-2)5-4-8-16/h6-7,9,12,17H,3-5,8,10,16H2,1-2H3. The molecule has 0 radical (unpaired) electrons. The number of nitrogens with one attached hydrogen (secondary N) is 1. The van der Waals surface area contributed by atoms with E-state index in [1.807, 2.05) is 25.1 Å². The molecule has 19 heavy (non-hydrogen) atoms. The second-order valence-corrected chi connectivity index (χ2v) is 4.74. The van der Waals surface area contributed by atoms with E-state index in [2.05, 4.69) is 5.32 Å². The maximum absolute atomic E-state index is 6.04. The van der Waals surface area contributed by atoms with Crippen LogP contribution in [-0.4, -0.2) is 32.9 Å². The summed E-state index contributed by atoms with van der Waals surface area (Å²) in [4.78, 5) is 0. The predicted molar refractivity (Wildman–Crippen MR) is 80.2 cm³/mol. The molecule has 1 atom stereocenters. The van der Waals surface area contributed by atoms with Crippen molar-refractivity contribution in [2.45, 2.75) is 25.8 Å². The first-order valence-corrected chi connectivity index (χ1v) is 6.97. The normalized spacial score (nSPS) is 12.2. The topological polar surface area (TPSA) is 56.5 Å². The maximum Gasteiger partial charge on any atom is 0.142 e. The summed E-state index contributed by atoms with van der Waals surface area (Å²) in [5.74, 6) is 0.806. The van der Waals surface area contributed by atoms with Gasteiger partial charge in [0.1, 0.15) is 5.75 Å². The van der Waals surface area contributed by atoms with E-state index in [0.717, 1.165) is 24.3 Å². The van der Waals surface area contributed by atoms with Crippen LogP contribution in [0, 0.1) is 0 Å². The number of hydrogen-bond donors (Lipinski definition) is 2. The van der Waals surface area contributed by atoms with E-state index in [4.69, 9.17) is 26.8 Å². The van der Waals surface area contributed by atoms with Crippen LogP contribution in [0.3, 0.4) is 0 Å². The van der Waals surface area contributed by atoms with Crippen molar-refractivity contribution in [3.05, 3.63) is 23.2 Å². The zero-order chi connectivity index (χ0) is 14.1. The summed E-state index contributed by atoms with van der Waals surface area (Å²) in [5.41, 5.74) is 6.45. The Kier molecular flexibility index (Phi) is 7.63. The van der Waals surface area contributed by atoms with Gasteiger partial charge in [0, 0.05) is 18.2 Å². The lowest BCUT2D eigenvalue weighted by molar-refractivity contribution is 0.182. The molecule has 0 heterocycles. The molecule has 3 N–H and O–H groups in total. The highest BCUT2D eigenvalue weighted by Gasteiger charge is 2.11. The number of anilines is 1. The predicted octanol–water partition coefficient (Wildman–Crippen LogP) is 2.90. The monoisotopic (exact) mass is 286 g/mol. The number of benzene rings is 1. The van der Waals surface area contributed by atoms with Crippen molar-refractivity contribution in [2.75, 3.05) is 32.2 Å². The molecule has 5 heteroatoms. The van der Waals surface area contributed by atoms with Gasteiger partial charge >= 0.3 is 0 Å². The summed E-state index contributed by atoms with van der Waals surface area (Å²) in [6, 6.07) is 5.77. The van der Waals surface area contributed by atoms with E-state index in [1.54, 1.807) is 7.11 Å². The molecule has 0 saturated heterocycles. The van der Waals surface area contributed by atoms with Crippen molar-refractivity contribution >= 4 is 17.3 Å². The fraction of sp³-hybridized carbons (Fsp3) is 0.571. The molecule has 0 aliphatic rings. The summed E-state index contributed by atoms with van der Waals surface area (Å²) in [6.45, 7) is 3.88. The maximum atomic E-state index is 6.04. The van der Waals surface area contributed by atoms with Crippen molar-refractivity contribution < 1.29 is 9.47 Å². The lowest BCUT2D eigenvalue weighted by Gasteiger charge is -2.21. The summed E-state index contributed by atoms with van der Waals surface area (Å²) in [5, 5.41) is 4.10. The van der Waals surface area contributed by atoms with Crippen molar-refractivity contribution in [2.24, 2.45) is 5.73 Å². The van der Waals surface area contributed by atoms with Gasteiger partial charge in [-0.15, -0.1) is 0 Å². The SMILES string of the molecule is CCOc1ccc(Cl)cc1NC(CCCN)COC. The fourth-order valence-electron chi connectivity index (χ4n) is 1.88. The van der Waals surface area contributed by atoms with E-state index in [1.165, 1.54) is 0 Å². The van der Waals surface area contributed by atoms with Crippen LogP contribution in [-0.2, 0) is 4.74 Å². The van der Waals surface area contributed by atoms with Gasteiger partial charge < -0.3 is 20.5 Å². The van der Waals surface area contributed by atoms with Crippen LogP contribution >= 0.6 is 11.6 Å². The van der Waals surface area contributed by atoms with Crippen molar-refractivity contribution in [3.63, 3.8) is 0 Å². The highest BCUT2D eigenvalue weighted by atomic mass is 35.5. The average molecular weight is 287 g/mol. The van der Waals surface area contributed by atoms with Crippen molar-refractivity contribution in [1.29, 1.82) is 0 Å². The number of rotatable bonds is 9. The Labute approximate surface area is 120 Å². The number of ether oxygens (including phenoxy) is 2. The molecule has 0 amide bonds. The second-order valence-electron chi connectivity index (χ2n) is 4.30. The molecule has 0 aromatic heterocycles. The minimum absolute atomic E-state index is 0.200. The second kappa shape index (κ2) is 9.02. The summed E-state index contributed by atoms with van der Waals surface area (Å²) >= 11 is 6.04. The van der Waals surface area contributed by atoms with Gasteiger partial charge in [-0.2, -0.15) is 0 Å². The number of hydrogen-bond acceptors (Lipinski definition) is 4. The molecular weight excluding hydrogens is 264 g/mol. The first-order valence-electron chi connectivity index (χ1n) is 6.59. The van der Waals surface area contributed by atoms with Crippen LogP contribution in [0.5, 0.6) is 5.75 Å². The first kappa shape index (κ1) is 16.1. The molecule has 4 nitrogen and oxygen atoms in total. The third-order valence-electron chi connectivity index (χ3n) is 2.73. The van der Waals surface area contributed by atoms with Gasteiger partial charge in [-0.25, -0.2) is 0 Å². The van der Waals surface area contributed by atoms with Crippen molar-refractivity contribution in [3.8, 4) is 5.75 Å². The molecule has 0 aliphatic heterocycles. The van der Waals surface area contributed by atoms with Crippen molar-refractivity contribution in [1.82, 2.24) is 0 Å². The van der Waals surface area contributed by atoms with E-state index >= 15 is 0 Å². The minimum atomic E-state index is 0.200. The highest BCUT2D eigenvalue weighted by Crippen LogP contribution is 2.29. The van der Waals surface area contributed by atoms with E-state index in [-0.39, 0.29) is 6.04 Å². The third-order valence-corrected chi connectivity index (χ3v) is 2.96. The Morgan fingerprint density at radius 2 is 2.21 bits per heavy atom. The highest BCUT2D eigenvalue weighted by molar-refractivity contribution is 6.30. The number of methoxy groups -OCH3 is 1. The summed E-state index contributed by atoms with van der Waals surface area (Å²) in [6.07, 6.45) is 1.90. The quantitative estimate of drug-likeness (QED) is 0.733. The molecule has 1 aromatic rings. The molecule has 0 spiro atoms. The smallest absolute Gasteiger partial charge is 0.142 e. The average Bonchev–Trinajstić information content (AvgIpc) is 2.39. The van der Waals surface area contributed by atoms with Gasteiger partial charge in [-0.05, 0) is 44.5 Å². The third kappa shape index (κ3) is 5.68. The van der Waals surface area contributed by atoms with Crippen LogP contribution in [0.4, 0.5) is 5.69 Å². The van der Waals surface area contributed by atoms with Gasteiger partial charge in [-0.1, -0.05) is 11.6 Å². The number of halogens is 1. The van der Waals surface area contributed by atoms with Gasteiger partial charge in [0.05, 0.1) is 18.9 Å². The van der Waals surface area contributed by atoms with E-state index in [0.29, 0.717) is 24.8 Å². The summed E-state index contributed by atoms with van der Waals surface area (Å²) in [7, 11) is 1.69. The van der Waals surface area contributed by atoms with Gasteiger partial charge in [-0.3, -0.25) is 0 Å². The molecular formula is C14H23ClN2O2. The molecule has 1 unspecified atom stereocenters. The molecule has 0 aliphatic carbocycles. The van der Waals surface area contributed by atoms with Gasteiger partial charge in [0.2, 0.25) is 0 Å². The Hall–Kier alpha value is -0.970. The zero-order valence-corrected chi connectivity index (χ0v) is 12.4. The summed E-state index contributed by atoms with van der Waals surface area (Å²) < 4.78 is 10.8. The zero-order valence-electron chi connectivity index (χ0n) is 11.6. The Bertz CT molecular complexity index is 374. The van der Waals surface area contributed by atoms with Gasteiger partial charge in [0.15, 0.2) is 0 Å². The fourth-order valence-corrected chi connectivity index (χ4v) is 2.05. The van der Waals surface area contributed by atoms with E-state index in [9.17, 15) is 0 Å². The molecule has 0 fully saturated rings. The molecule has 1 rings (SSSR count). The molecule has 0 saturated carbocycles. The van der Waals surface area contributed by atoms with Crippen LogP contribution < -0.4 is 15.8 Å². The Balaban J connectivity index is 2.77. The lowest BCUT2D eigenvalue weighted by atomic mass is 10.1. The molecule has 0 bridgehead atoms. The number of nitrogens with two attached hydrogens (primary N) is 1. The Morgan fingerprint density at radius 3 is 2.84 bits per heavy atom. The first-order chi connectivity index (χ1) is 9.21. The van der Waals surface area contributed by atoms with Gasteiger partial charge in [0.25, 0.3) is 0 Å². The largest absolute Gasteiger partial charge is 0.492 e. The molecule has 108 valence electrons. The van der Waals surface area contributed by atoms with Crippen LogP contribution in [0.2, 0.25) is 5.02 Å².